The molecule has 0 spiro atoms. The Morgan fingerprint density at radius 1 is 1.11 bits per heavy atom. The summed E-state index contributed by atoms with van der Waals surface area (Å²) in [6.45, 7) is 6.62. The molecule has 0 fully saturated rings. The average molecular weight is 307 g/mol. The Morgan fingerprint density at radius 3 is 2.32 bits per heavy atom. The van der Waals surface area contributed by atoms with Crippen LogP contribution < -0.4 is 0 Å². The van der Waals surface area contributed by atoms with Crippen molar-refractivity contribution in [3.8, 4) is 21.2 Å². The van der Waals surface area contributed by atoms with Crippen molar-refractivity contribution in [3.63, 3.8) is 0 Å². The van der Waals surface area contributed by atoms with E-state index in [2.05, 4.69) is 31.1 Å². The summed E-state index contributed by atoms with van der Waals surface area (Å²) in [6, 6.07) is 7.31. The molecule has 0 amide bonds. The highest BCUT2D eigenvalue weighted by atomic mass is 32.1. The summed E-state index contributed by atoms with van der Waals surface area (Å²) < 4.78 is 0. The molecule has 2 aromatic heterocycles. The first-order valence-corrected chi connectivity index (χ1v) is 10.9. The zero-order chi connectivity index (χ0) is 14.0. The fourth-order valence-corrected chi connectivity index (χ4v) is 3.72. The van der Waals surface area contributed by atoms with Crippen molar-refractivity contribution in [3.05, 3.63) is 39.3 Å². The Bertz CT molecular complexity index is 671. The third-order valence-electron chi connectivity index (χ3n) is 2.18. The number of nitro groups is 1. The minimum atomic E-state index is -1.36. The van der Waals surface area contributed by atoms with Crippen LogP contribution in [0.15, 0.2) is 24.3 Å². The highest BCUT2D eigenvalue weighted by Crippen LogP contribution is 2.36. The molecule has 0 aliphatic heterocycles. The summed E-state index contributed by atoms with van der Waals surface area (Å²) in [5.41, 5.74) is 3.32. The number of hydrogen-bond donors (Lipinski definition) is 0. The molecule has 0 N–H and O–H groups in total. The average Bonchev–Trinajstić information content (AvgIpc) is 2.94. The van der Waals surface area contributed by atoms with Crippen LogP contribution in [-0.4, -0.2) is 13.0 Å². The molecule has 3 nitrogen and oxygen atoms in total. The van der Waals surface area contributed by atoms with Gasteiger partial charge in [-0.15, -0.1) is 16.9 Å². The Labute approximate surface area is 121 Å². The van der Waals surface area contributed by atoms with Crippen molar-refractivity contribution in [1.29, 1.82) is 0 Å². The first-order valence-electron chi connectivity index (χ1n) is 5.73. The molecule has 19 heavy (non-hydrogen) atoms. The van der Waals surface area contributed by atoms with Gasteiger partial charge in [0.1, 0.15) is 8.07 Å². The van der Waals surface area contributed by atoms with Crippen molar-refractivity contribution < 1.29 is 4.92 Å². The maximum Gasteiger partial charge on any atom is 0.324 e. The van der Waals surface area contributed by atoms with Crippen LogP contribution in [-0.2, 0) is 0 Å². The van der Waals surface area contributed by atoms with Gasteiger partial charge < -0.3 is 0 Å². The largest absolute Gasteiger partial charge is 0.324 e. The normalized spacial score (nSPS) is 10.9. The van der Waals surface area contributed by atoms with Gasteiger partial charge in [0.2, 0.25) is 0 Å². The summed E-state index contributed by atoms with van der Waals surface area (Å²) in [5.74, 6) is 3.21. The molecule has 0 aromatic carbocycles. The van der Waals surface area contributed by atoms with Gasteiger partial charge in [-0.05, 0) is 18.2 Å². The number of hydrogen-bond acceptors (Lipinski definition) is 4. The van der Waals surface area contributed by atoms with Gasteiger partial charge >= 0.3 is 5.00 Å². The molecule has 0 aliphatic rings. The molecule has 0 unspecified atom stereocenters. The molecular formula is C13H13NO2S2Si. The van der Waals surface area contributed by atoms with Gasteiger partial charge in [-0.2, -0.15) is 0 Å². The van der Waals surface area contributed by atoms with E-state index >= 15 is 0 Å². The van der Waals surface area contributed by atoms with Crippen molar-refractivity contribution in [2.45, 2.75) is 19.6 Å². The van der Waals surface area contributed by atoms with Gasteiger partial charge in [0.05, 0.1) is 14.7 Å². The van der Waals surface area contributed by atoms with Gasteiger partial charge in [-0.1, -0.05) is 36.9 Å². The predicted molar refractivity (Wildman–Crippen MR) is 84.5 cm³/mol. The van der Waals surface area contributed by atoms with Crippen molar-refractivity contribution in [1.82, 2.24) is 0 Å². The van der Waals surface area contributed by atoms with Crippen LogP contribution in [0.1, 0.15) is 4.88 Å². The summed E-state index contributed by atoms with van der Waals surface area (Å²) >= 11 is 2.79. The third-order valence-corrected chi connectivity index (χ3v) is 5.29. The van der Waals surface area contributed by atoms with Crippen LogP contribution in [0.3, 0.4) is 0 Å². The second-order valence-electron chi connectivity index (χ2n) is 5.06. The van der Waals surface area contributed by atoms with Gasteiger partial charge in [-0.3, -0.25) is 10.1 Å². The van der Waals surface area contributed by atoms with Crippen molar-refractivity contribution in [2.24, 2.45) is 0 Å². The third kappa shape index (κ3) is 3.77. The predicted octanol–water partition coefficient (Wildman–Crippen LogP) is 4.61. The summed E-state index contributed by atoms with van der Waals surface area (Å²) in [4.78, 5) is 13.3. The van der Waals surface area contributed by atoms with Gasteiger partial charge in [0.25, 0.3) is 0 Å². The molecule has 2 rings (SSSR count). The van der Waals surface area contributed by atoms with E-state index in [0.29, 0.717) is 0 Å². The van der Waals surface area contributed by atoms with Crippen LogP contribution in [0.25, 0.3) is 9.75 Å². The lowest BCUT2D eigenvalue weighted by Crippen LogP contribution is -2.16. The van der Waals surface area contributed by atoms with Crippen LogP contribution >= 0.6 is 22.7 Å². The Morgan fingerprint density at radius 2 is 1.74 bits per heavy atom. The molecule has 0 saturated carbocycles. The zero-order valence-electron chi connectivity index (χ0n) is 10.9. The van der Waals surface area contributed by atoms with Gasteiger partial charge in [0.15, 0.2) is 0 Å². The molecule has 0 saturated heterocycles. The van der Waals surface area contributed by atoms with Crippen LogP contribution in [0.2, 0.25) is 19.6 Å². The monoisotopic (exact) mass is 307 g/mol. The Hall–Kier alpha value is -1.42. The molecule has 0 bridgehead atoms. The minimum absolute atomic E-state index is 0.179. The highest BCUT2D eigenvalue weighted by molar-refractivity contribution is 7.24. The number of nitrogens with zero attached hydrogens (tertiary/aromatic N) is 1. The molecule has 2 heterocycles. The highest BCUT2D eigenvalue weighted by Gasteiger charge is 2.12. The van der Waals surface area contributed by atoms with Crippen molar-refractivity contribution >= 4 is 35.7 Å². The summed E-state index contributed by atoms with van der Waals surface area (Å²) in [6.07, 6.45) is 0. The van der Waals surface area contributed by atoms with Crippen LogP contribution in [0.5, 0.6) is 0 Å². The topological polar surface area (TPSA) is 43.1 Å². The van der Waals surface area contributed by atoms with E-state index in [9.17, 15) is 10.1 Å². The summed E-state index contributed by atoms with van der Waals surface area (Å²) in [7, 11) is -1.36. The molecule has 2 aromatic rings. The lowest BCUT2D eigenvalue weighted by molar-refractivity contribution is -0.380. The SMILES string of the molecule is C[Si](C)(C)C#Cc1ccc(-c2ccc([N+](=O)[O-])s2)s1. The Balaban J connectivity index is 2.25. The lowest BCUT2D eigenvalue weighted by Gasteiger charge is -2.02. The number of rotatable bonds is 2. The van der Waals surface area contributed by atoms with Crippen molar-refractivity contribution in [2.75, 3.05) is 0 Å². The Kier molecular flexibility index (Phi) is 3.90. The quantitative estimate of drug-likeness (QED) is 0.352. The molecule has 0 atom stereocenters. The van der Waals surface area contributed by atoms with E-state index in [4.69, 9.17) is 0 Å². The molecule has 0 aliphatic carbocycles. The zero-order valence-corrected chi connectivity index (χ0v) is 13.5. The van der Waals surface area contributed by atoms with E-state index < -0.39 is 8.07 Å². The molecule has 6 heteroatoms. The van der Waals surface area contributed by atoms with E-state index in [1.165, 1.54) is 11.3 Å². The lowest BCUT2D eigenvalue weighted by atomic mass is 10.4. The maximum atomic E-state index is 10.7. The minimum Gasteiger partial charge on any atom is -0.258 e. The molecule has 98 valence electrons. The second-order valence-corrected chi connectivity index (χ2v) is 12.0. The van der Waals surface area contributed by atoms with E-state index in [-0.39, 0.29) is 9.92 Å². The maximum absolute atomic E-state index is 10.7. The van der Waals surface area contributed by atoms with Crippen LogP contribution in [0, 0.1) is 21.6 Å². The van der Waals surface area contributed by atoms with E-state index in [1.54, 1.807) is 23.5 Å². The first kappa shape index (κ1) is 14.0. The summed E-state index contributed by atoms with van der Waals surface area (Å²) in [5, 5.41) is 10.8. The number of thiophene rings is 2. The van der Waals surface area contributed by atoms with Gasteiger partial charge in [-0.25, -0.2) is 0 Å². The van der Waals surface area contributed by atoms with Gasteiger partial charge in [0, 0.05) is 10.9 Å². The standard InChI is InChI=1S/C13H13NO2S2Si/c1-19(2,3)9-8-10-4-5-11(17-10)12-6-7-13(18-12)14(15)16/h4-7H,1-3H3. The fourth-order valence-electron chi connectivity index (χ4n) is 1.34. The van der Waals surface area contributed by atoms with Crippen LogP contribution in [0.4, 0.5) is 5.00 Å². The second kappa shape index (κ2) is 5.29. The molecule has 0 radical (unpaired) electrons. The fraction of sp³-hybridized carbons (Fsp3) is 0.231. The van der Waals surface area contributed by atoms with E-state index in [1.807, 2.05) is 12.1 Å². The first-order chi connectivity index (χ1) is 8.85. The molecular weight excluding hydrogens is 294 g/mol. The van der Waals surface area contributed by atoms with E-state index in [0.717, 1.165) is 14.6 Å². The smallest absolute Gasteiger partial charge is 0.258 e.